The Morgan fingerprint density at radius 2 is 1.92 bits per heavy atom. The van der Waals surface area contributed by atoms with Crippen LogP contribution in [-0.4, -0.2) is 23.8 Å². The van der Waals surface area contributed by atoms with Crippen LogP contribution < -0.4 is 0 Å². The lowest BCUT2D eigenvalue weighted by Gasteiger charge is -2.33. The number of likely N-dealkylation sites (tertiary alicyclic amines) is 1. The van der Waals surface area contributed by atoms with Crippen molar-refractivity contribution in [3.05, 3.63) is 0 Å². The number of amidine groups is 1. The van der Waals surface area contributed by atoms with Crippen LogP contribution in [0.5, 0.6) is 0 Å². The Morgan fingerprint density at radius 1 is 1.31 bits per heavy atom. The highest BCUT2D eigenvalue weighted by atomic mass is 15.2. The van der Waals surface area contributed by atoms with E-state index in [0.29, 0.717) is 0 Å². The van der Waals surface area contributed by atoms with Crippen molar-refractivity contribution in [2.75, 3.05) is 13.1 Å². The zero-order valence-electron chi connectivity index (χ0n) is 8.97. The van der Waals surface area contributed by atoms with E-state index in [1.165, 1.54) is 25.7 Å². The van der Waals surface area contributed by atoms with Crippen LogP contribution in [0.3, 0.4) is 0 Å². The van der Waals surface area contributed by atoms with Gasteiger partial charge in [0.25, 0.3) is 0 Å². The van der Waals surface area contributed by atoms with Crippen molar-refractivity contribution >= 4 is 5.84 Å². The smallest absolute Gasteiger partial charge is 0.0954 e. The van der Waals surface area contributed by atoms with Crippen molar-refractivity contribution in [1.29, 1.82) is 5.41 Å². The molecule has 0 radical (unpaired) electrons. The summed E-state index contributed by atoms with van der Waals surface area (Å²) in [6, 6.07) is 0. The number of hydrogen-bond acceptors (Lipinski definition) is 1. The Kier molecular flexibility index (Phi) is 4.26. The van der Waals surface area contributed by atoms with Gasteiger partial charge in [-0.1, -0.05) is 26.7 Å². The van der Waals surface area contributed by atoms with Crippen molar-refractivity contribution in [2.24, 2.45) is 5.92 Å². The van der Waals surface area contributed by atoms with Gasteiger partial charge in [-0.25, -0.2) is 0 Å². The summed E-state index contributed by atoms with van der Waals surface area (Å²) >= 11 is 0. The molecule has 0 aromatic heterocycles. The van der Waals surface area contributed by atoms with Crippen LogP contribution in [-0.2, 0) is 0 Å². The summed E-state index contributed by atoms with van der Waals surface area (Å²) in [4.78, 5) is 2.24. The first kappa shape index (κ1) is 10.6. The standard InChI is InChI=1S/C11H22N2/c1-3-5-10-6-8-13(9-7-10)11(12)4-2/h10,12H,3-9H2,1-2H3. The van der Waals surface area contributed by atoms with Crippen LogP contribution in [0.25, 0.3) is 0 Å². The van der Waals surface area contributed by atoms with E-state index < -0.39 is 0 Å². The largest absolute Gasteiger partial charge is 0.361 e. The van der Waals surface area contributed by atoms with Gasteiger partial charge in [-0.3, -0.25) is 5.41 Å². The third-order valence-electron chi connectivity index (χ3n) is 3.03. The fraction of sp³-hybridized carbons (Fsp3) is 0.909. The molecule has 0 spiro atoms. The Hall–Kier alpha value is -0.530. The van der Waals surface area contributed by atoms with E-state index in [1.54, 1.807) is 0 Å². The van der Waals surface area contributed by atoms with Gasteiger partial charge < -0.3 is 4.90 Å². The van der Waals surface area contributed by atoms with Gasteiger partial charge in [-0.15, -0.1) is 0 Å². The summed E-state index contributed by atoms with van der Waals surface area (Å²) in [5.41, 5.74) is 0. The maximum Gasteiger partial charge on any atom is 0.0954 e. The molecule has 0 atom stereocenters. The molecule has 1 saturated heterocycles. The van der Waals surface area contributed by atoms with E-state index in [2.05, 4.69) is 18.7 Å². The molecule has 76 valence electrons. The second kappa shape index (κ2) is 5.25. The Morgan fingerprint density at radius 3 is 2.38 bits per heavy atom. The quantitative estimate of drug-likeness (QED) is 0.527. The van der Waals surface area contributed by atoms with Gasteiger partial charge in [0.05, 0.1) is 5.84 Å². The average molecular weight is 182 g/mol. The van der Waals surface area contributed by atoms with Gasteiger partial charge in [0, 0.05) is 19.5 Å². The van der Waals surface area contributed by atoms with Gasteiger partial charge in [0.2, 0.25) is 0 Å². The molecule has 1 aliphatic heterocycles. The third-order valence-corrected chi connectivity index (χ3v) is 3.03. The molecule has 13 heavy (non-hydrogen) atoms. The molecule has 2 nitrogen and oxygen atoms in total. The molecule has 0 bridgehead atoms. The number of rotatable bonds is 3. The normalized spacial score (nSPS) is 19.1. The van der Waals surface area contributed by atoms with E-state index in [-0.39, 0.29) is 0 Å². The van der Waals surface area contributed by atoms with Crippen molar-refractivity contribution in [1.82, 2.24) is 4.90 Å². The van der Waals surface area contributed by atoms with Crippen LogP contribution in [0.15, 0.2) is 0 Å². The summed E-state index contributed by atoms with van der Waals surface area (Å²) < 4.78 is 0. The molecule has 0 unspecified atom stereocenters. The topological polar surface area (TPSA) is 27.1 Å². The molecule has 0 saturated carbocycles. The highest BCUT2D eigenvalue weighted by Gasteiger charge is 2.18. The van der Waals surface area contributed by atoms with E-state index in [9.17, 15) is 0 Å². The number of hydrogen-bond donors (Lipinski definition) is 1. The molecule has 0 aliphatic carbocycles. The maximum atomic E-state index is 7.73. The second-order valence-electron chi connectivity index (χ2n) is 4.02. The fourth-order valence-electron chi connectivity index (χ4n) is 2.12. The van der Waals surface area contributed by atoms with Gasteiger partial charge in [0.15, 0.2) is 0 Å². The van der Waals surface area contributed by atoms with E-state index >= 15 is 0 Å². The predicted molar refractivity (Wildman–Crippen MR) is 57.2 cm³/mol. The first-order valence-corrected chi connectivity index (χ1v) is 5.60. The van der Waals surface area contributed by atoms with Crippen molar-refractivity contribution in [3.63, 3.8) is 0 Å². The lowest BCUT2D eigenvalue weighted by atomic mass is 9.92. The van der Waals surface area contributed by atoms with Gasteiger partial charge in [-0.05, 0) is 18.8 Å². The first-order valence-electron chi connectivity index (χ1n) is 5.60. The summed E-state index contributed by atoms with van der Waals surface area (Å²) in [5.74, 6) is 1.76. The van der Waals surface area contributed by atoms with Crippen LogP contribution >= 0.6 is 0 Å². The minimum absolute atomic E-state index is 0.829. The van der Waals surface area contributed by atoms with Crippen LogP contribution in [0.2, 0.25) is 0 Å². The van der Waals surface area contributed by atoms with E-state index in [4.69, 9.17) is 5.41 Å². The lowest BCUT2D eigenvalue weighted by Crippen LogP contribution is -2.37. The van der Waals surface area contributed by atoms with Crippen molar-refractivity contribution in [2.45, 2.75) is 46.0 Å². The minimum Gasteiger partial charge on any atom is -0.361 e. The molecule has 1 fully saturated rings. The molecule has 0 aromatic carbocycles. The summed E-state index contributed by atoms with van der Waals surface area (Å²) in [5, 5.41) is 7.73. The predicted octanol–water partition coefficient (Wildman–Crippen LogP) is 2.89. The SMILES string of the molecule is CCCC1CCN(C(=N)CC)CC1. The number of piperidine rings is 1. The van der Waals surface area contributed by atoms with Crippen LogP contribution in [0.4, 0.5) is 0 Å². The van der Waals surface area contributed by atoms with Crippen LogP contribution in [0, 0.1) is 11.3 Å². The summed E-state index contributed by atoms with van der Waals surface area (Å²) in [7, 11) is 0. The molecule has 2 heteroatoms. The third kappa shape index (κ3) is 3.02. The number of nitrogens with zero attached hydrogens (tertiary/aromatic N) is 1. The zero-order chi connectivity index (χ0) is 9.68. The first-order chi connectivity index (χ1) is 6.27. The van der Waals surface area contributed by atoms with Gasteiger partial charge in [-0.2, -0.15) is 0 Å². The van der Waals surface area contributed by atoms with Gasteiger partial charge in [0.1, 0.15) is 0 Å². The maximum absolute atomic E-state index is 7.73. The van der Waals surface area contributed by atoms with E-state index in [0.717, 1.165) is 31.3 Å². The summed E-state index contributed by atoms with van der Waals surface area (Å²) in [6.45, 7) is 6.58. The molecule has 1 rings (SSSR count). The molecule has 1 heterocycles. The zero-order valence-corrected chi connectivity index (χ0v) is 8.97. The molecule has 0 amide bonds. The molecular formula is C11H22N2. The van der Waals surface area contributed by atoms with Crippen LogP contribution in [0.1, 0.15) is 46.0 Å². The second-order valence-corrected chi connectivity index (χ2v) is 4.02. The lowest BCUT2D eigenvalue weighted by molar-refractivity contribution is 0.251. The monoisotopic (exact) mass is 182 g/mol. The average Bonchev–Trinajstić information content (AvgIpc) is 2.18. The number of nitrogens with one attached hydrogen (secondary N) is 1. The Balaban J connectivity index is 2.26. The molecule has 0 aromatic rings. The Labute approximate surface area is 81.8 Å². The molecule has 1 N–H and O–H groups in total. The summed E-state index contributed by atoms with van der Waals surface area (Å²) in [6.07, 6.45) is 6.19. The van der Waals surface area contributed by atoms with E-state index in [1.807, 2.05) is 0 Å². The fourth-order valence-corrected chi connectivity index (χ4v) is 2.12. The molecule has 1 aliphatic rings. The minimum atomic E-state index is 0.829. The highest BCUT2D eigenvalue weighted by Crippen LogP contribution is 2.21. The van der Waals surface area contributed by atoms with Crippen molar-refractivity contribution in [3.8, 4) is 0 Å². The highest BCUT2D eigenvalue weighted by molar-refractivity contribution is 5.78. The Bertz CT molecular complexity index is 157. The molecular weight excluding hydrogens is 160 g/mol. The van der Waals surface area contributed by atoms with Gasteiger partial charge >= 0.3 is 0 Å². The van der Waals surface area contributed by atoms with Crippen molar-refractivity contribution < 1.29 is 0 Å².